The van der Waals surface area contributed by atoms with E-state index in [1.54, 1.807) is 0 Å². The zero-order valence-corrected chi connectivity index (χ0v) is 19.5. The van der Waals surface area contributed by atoms with Gasteiger partial charge in [-0.25, -0.2) is 9.97 Å². The summed E-state index contributed by atoms with van der Waals surface area (Å²) in [6.45, 7) is 4.81. The van der Waals surface area contributed by atoms with Gasteiger partial charge in [-0.2, -0.15) is 0 Å². The van der Waals surface area contributed by atoms with Crippen LogP contribution in [0.3, 0.4) is 0 Å². The first-order valence-corrected chi connectivity index (χ1v) is 11.8. The van der Waals surface area contributed by atoms with Gasteiger partial charge in [-0.05, 0) is 62.1 Å². The Balaban J connectivity index is 1.64. The summed E-state index contributed by atoms with van der Waals surface area (Å²) in [5.41, 5.74) is 4.92. The Morgan fingerprint density at radius 3 is 2.85 bits per heavy atom. The molecule has 3 aromatic heterocycles. The molecule has 0 fully saturated rings. The number of fused-ring (bicyclic) bond motifs is 2. The van der Waals surface area contributed by atoms with Crippen molar-refractivity contribution in [2.75, 3.05) is 22.1 Å². The first kappa shape index (κ1) is 21.9. The number of nitrogens with zero attached hydrogens (tertiary/aromatic N) is 4. The van der Waals surface area contributed by atoms with Crippen LogP contribution < -0.4 is 15.5 Å². The predicted octanol–water partition coefficient (Wildman–Crippen LogP) is 4.83. The maximum absolute atomic E-state index is 12.0. The van der Waals surface area contributed by atoms with E-state index >= 15 is 0 Å². The molecule has 0 bridgehead atoms. The van der Waals surface area contributed by atoms with Crippen LogP contribution in [0.5, 0.6) is 0 Å². The molecule has 0 saturated heterocycles. The molecule has 1 aliphatic carbocycles. The van der Waals surface area contributed by atoms with Gasteiger partial charge >= 0.3 is 0 Å². The number of carbonyl (C=O) groups excluding carboxylic acids is 1. The van der Waals surface area contributed by atoms with Gasteiger partial charge in [0.05, 0.1) is 35.0 Å². The van der Waals surface area contributed by atoms with Gasteiger partial charge < -0.3 is 20.5 Å². The van der Waals surface area contributed by atoms with E-state index < -0.39 is 0 Å². The zero-order valence-electron chi connectivity index (χ0n) is 19.5. The molecule has 0 spiro atoms. The highest BCUT2D eigenvalue weighted by Gasteiger charge is 2.31. The molecule has 3 N–H and O–H groups in total. The molecule has 174 valence electrons. The Morgan fingerprint density at radius 1 is 1.15 bits per heavy atom. The standard InChI is InChI=1S/C26H29N7O/c1-3-27-23-14-13-21(29-17(2)34)26(32-23)33(16-24-30-19-10-4-5-11-20(19)31-24)22-12-6-8-18-9-7-15-28-25(18)22/h4-5,7,9-11,13-15,22H,3,6,8,12,16H2,1-2H3,(H,27,32)(H,29,34)(H,30,31). The highest BCUT2D eigenvalue weighted by atomic mass is 16.1. The number of aryl methyl sites for hydroxylation is 1. The smallest absolute Gasteiger partial charge is 0.221 e. The SMILES string of the molecule is CCNc1ccc(NC(C)=O)c(N(Cc2nc3ccccc3[nH]2)C2CCCc3cccnc32)n1. The van der Waals surface area contributed by atoms with Crippen LogP contribution in [0.4, 0.5) is 17.3 Å². The van der Waals surface area contributed by atoms with Gasteiger partial charge in [-0.1, -0.05) is 18.2 Å². The van der Waals surface area contributed by atoms with E-state index in [2.05, 4.69) is 26.6 Å². The number of H-pyrrole nitrogens is 1. The minimum atomic E-state index is -0.134. The molecule has 8 nitrogen and oxygen atoms in total. The molecule has 0 radical (unpaired) electrons. The molecule has 5 rings (SSSR count). The van der Waals surface area contributed by atoms with E-state index in [1.165, 1.54) is 12.5 Å². The van der Waals surface area contributed by atoms with E-state index in [0.29, 0.717) is 18.1 Å². The van der Waals surface area contributed by atoms with Gasteiger partial charge in [0, 0.05) is 19.7 Å². The van der Waals surface area contributed by atoms with Gasteiger partial charge in [0.1, 0.15) is 11.6 Å². The summed E-state index contributed by atoms with van der Waals surface area (Å²) in [4.78, 5) is 32.3. The number of rotatable bonds is 7. The van der Waals surface area contributed by atoms with Crippen molar-refractivity contribution >= 4 is 34.3 Å². The lowest BCUT2D eigenvalue weighted by atomic mass is 9.90. The number of para-hydroxylation sites is 2. The van der Waals surface area contributed by atoms with Crippen molar-refractivity contribution in [3.05, 3.63) is 71.8 Å². The number of carbonyl (C=O) groups is 1. The summed E-state index contributed by atoms with van der Waals surface area (Å²) in [7, 11) is 0. The quantitative estimate of drug-likeness (QED) is 0.369. The molecule has 0 saturated carbocycles. The van der Waals surface area contributed by atoms with Crippen LogP contribution in [0.15, 0.2) is 54.7 Å². The summed E-state index contributed by atoms with van der Waals surface area (Å²) < 4.78 is 0. The Labute approximate surface area is 198 Å². The number of benzene rings is 1. The lowest BCUT2D eigenvalue weighted by Gasteiger charge is -2.36. The van der Waals surface area contributed by atoms with Crippen LogP contribution in [0.1, 0.15) is 49.8 Å². The van der Waals surface area contributed by atoms with E-state index in [4.69, 9.17) is 15.0 Å². The van der Waals surface area contributed by atoms with Crippen LogP contribution in [0.25, 0.3) is 11.0 Å². The van der Waals surface area contributed by atoms with Gasteiger partial charge in [0.15, 0.2) is 5.82 Å². The van der Waals surface area contributed by atoms with Crippen molar-refractivity contribution in [1.82, 2.24) is 19.9 Å². The largest absolute Gasteiger partial charge is 0.370 e. The fraction of sp³-hybridized carbons (Fsp3) is 0.308. The van der Waals surface area contributed by atoms with E-state index in [0.717, 1.165) is 54.2 Å². The lowest BCUT2D eigenvalue weighted by molar-refractivity contribution is -0.114. The molecule has 4 aromatic rings. The van der Waals surface area contributed by atoms with E-state index in [9.17, 15) is 4.79 Å². The number of aromatic amines is 1. The fourth-order valence-electron chi connectivity index (χ4n) is 4.70. The second-order valence-corrected chi connectivity index (χ2v) is 8.56. The maximum atomic E-state index is 12.0. The molecule has 1 unspecified atom stereocenters. The van der Waals surface area contributed by atoms with Gasteiger partial charge in [0.2, 0.25) is 5.91 Å². The lowest BCUT2D eigenvalue weighted by Crippen LogP contribution is -2.33. The molecule has 1 aromatic carbocycles. The number of amides is 1. The van der Waals surface area contributed by atoms with Gasteiger partial charge in [-0.3, -0.25) is 9.78 Å². The van der Waals surface area contributed by atoms with Crippen LogP contribution in [-0.4, -0.2) is 32.4 Å². The number of pyridine rings is 2. The first-order chi connectivity index (χ1) is 16.6. The topological polar surface area (TPSA) is 98.8 Å². The van der Waals surface area contributed by atoms with Crippen LogP contribution in [0.2, 0.25) is 0 Å². The average Bonchev–Trinajstić information content (AvgIpc) is 3.26. The Hall–Kier alpha value is -3.94. The molecule has 3 heterocycles. The molecule has 34 heavy (non-hydrogen) atoms. The summed E-state index contributed by atoms with van der Waals surface area (Å²) >= 11 is 0. The average molecular weight is 456 g/mol. The number of aromatic nitrogens is 4. The second-order valence-electron chi connectivity index (χ2n) is 8.56. The summed E-state index contributed by atoms with van der Waals surface area (Å²) in [6, 6.07) is 16.0. The monoisotopic (exact) mass is 455 g/mol. The Kier molecular flexibility index (Phi) is 6.12. The van der Waals surface area contributed by atoms with Crippen molar-refractivity contribution in [2.45, 2.75) is 45.7 Å². The van der Waals surface area contributed by atoms with Gasteiger partial charge in [0.25, 0.3) is 0 Å². The minimum Gasteiger partial charge on any atom is -0.370 e. The third kappa shape index (κ3) is 4.44. The predicted molar refractivity (Wildman–Crippen MR) is 135 cm³/mol. The molecule has 1 atom stereocenters. The van der Waals surface area contributed by atoms with Crippen LogP contribution in [-0.2, 0) is 17.8 Å². The summed E-state index contributed by atoms with van der Waals surface area (Å²) in [5, 5.41) is 6.28. The van der Waals surface area contributed by atoms with Crippen molar-refractivity contribution in [2.24, 2.45) is 0 Å². The third-order valence-corrected chi connectivity index (χ3v) is 6.12. The molecule has 1 aliphatic rings. The molecule has 1 amide bonds. The molecule has 0 aliphatic heterocycles. The second kappa shape index (κ2) is 9.51. The number of imidazole rings is 1. The number of anilines is 3. The van der Waals surface area contributed by atoms with Crippen molar-refractivity contribution < 1.29 is 4.79 Å². The number of hydrogen-bond donors (Lipinski definition) is 3. The molecular formula is C26H29N7O. The molecular weight excluding hydrogens is 426 g/mol. The van der Waals surface area contributed by atoms with Crippen molar-refractivity contribution in [3.63, 3.8) is 0 Å². The summed E-state index contributed by atoms with van der Waals surface area (Å²) in [6.07, 6.45) is 4.87. The molecule has 8 heteroatoms. The van der Waals surface area contributed by atoms with Crippen molar-refractivity contribution in [1.29, 1.82) is 0 Å². The van der Waals surface area contributed by atoms with Crippen LogP contribution >= 0.6 is 0 Å². The highest BCUT2D eigenvalue weighted by Crippen LogP contribution is 2.39. The van der Waals surface area contributed by atoms with Crippen LogP contribution in [0, 0.1) is 0 Å². The minimum absolute atomic E-state index is 0.00930. The first-order valence-electron chi connectivity index (χ1n) is 11.8. The van der Waals surface area contributed by atoms with E-state index in [1.807, 2.05) is 55.6 Å². The zero-order chi connectivity index (χ0) is 23.5. The summed E-state index contributed by atoms with van der Waals surface area (Å²) in [5.74, 6) is 2.18. The van der Waals surface area contributed by atoms with E-state index in [-0.39, 0.29) is 11.9 Å². The normalized spacial score (nSPS) is 15.1. The Morgan fingerprint density at radius 2 is 2.03 bits per heavy atom. The van der Waals surface area contributed by atoms with Gasteiger partial charge in [-0.15, -0.1) is 0 Å². The fourth-order valence-corrected chi connectivity index (χ4v) is 4.70. The van der Waals surface area contributed by atoms with Crippen molar-refractivity contribution in [3.8, 4) is 0 Å². The maximum Gasteiger partial charge on any atom is 0.221 e. The Bertz CT molecular complexity index is 1280. The third-order valence-electron chi connectivity index (χ3n) is 6.12. The number of nitrogens with one attached hydrogen (secondary N) is 3. The number of hydrogen-bond acceptors (Lipinski definition) is 6. The highest BCUT2D eigenvalue weighted by molar-refractivity contribution is 5.92.